The first-order valence-electron chi connectivity index (χ1n) is 8.10. The molecule has 0 saturated carbocycles. The Morgan fingerprint density at radius 2 is 2.00 bits per heavy atom. The molecule has 26 heavy (non-hydrogen) atoms. The third-order valence-electron chi connectivity index (χ3n) is 3.59. The lowest BCUT2D eigenvalue weighted by atomic mass is 10.2. The molecule has 0 saturated heterocycles. The molecule has 0 aliphatic heterocycles. The molecule has 0 aliphatic rings. The van der Waals surface area contributed by atoms with Crippen LogP contribution in [0.25, 0.3) is 27.5 Å². The molecule has 3 heterocycles. The highest BCUT2D eigenvalue weighted by Gasteiger charge is 2.17. The molecule has 0 spiro atoms. The standard InChI is InChI=1S/C18H17N5O2S/c1-18(2,3)25-17(24)20-11-8-9-13(19-10-11)15-22-26-16-21-12-6-4-5-7-14(12)23(15)16/h4-10H,1-3H3,(H,20,24). The van der Waals surface area contributed by atoms with Gasteiger partial charge in [0, 0.05) is 11.5 Å². The Hall–Kier alpha value is -3.00. The van der Waals surface area contributed by atoms with E-state index in [-0.39, 0.29) is 0 Å². The number of carbonyl (C=O) groups excluding carboxylic acids is 1. The lowest BCUT2D eigenvalue weighted by Crippen LogP contribution is -2.27. The van der Waals surface area contributed by atoms with Crippen LogP contribution in [0.4, 0.5) is 10.5 Å². The zero-order valence-electron chi connectivity index (χ0n) is 14.6. The fourth-order valence-corrected chi connectivity index (χ4v) is 3.33. The molecule has 7 nitrogen and oxygen atoms in total. The van der Waals surface area contributed by atoms with Crippen LogP contribution >= 0.6 is 11.5 Å². The number of aromatic nitrogens is 4. The zero-order valence-corrected chi connectivity index (χ0v) is 15.4. The molecule has 1 aromatic carbocycles. The lowest BCUT2D eigenvalue weighted by molar-refractivity contribution is 0.0636. The minimum atomic E-state index is -0.549. The van der Waals surface area contributed by atoms with Gasteiger partial charge in [-0.25, -0.2) is 9.78 Å². The van der Waals surface area contributed by atoms with Crippen molar-refractivity contribution in [1.29, 1.82) is 0 Å². The Morgan fingerprint density at radius 1 is 1.19 bits per heavy atom. The summed E-state index contributed by atoms with van der Waals surface area (Å²) in [4.78, 5) is 21.7. The van der Waals surface area contributed by atoms with E-state index in [1.165, 1.54) is 11.5 Å². The fourth-order valence-electron chi connectivity index (χ4n) is 2.58. The van der Waals surface area contributed by atoms with Crippen LogP contribution in [0.15, 0.2) is 42.6 Å². The number of anilines is 1. The van der Waals surface area contributed by atoms with E-state index in [9.17, 15) is 4.79 Å². The monoisotopic (exact) mass is 367 g/mol. The normalized spacial score (nSPS) is 11.8. The molecule has 8 heteroatoms. The topological polar surface area (TPSA) is 81.4 Å². The van der Waals surface area contributed by atoms with Crippen LogP contribution in [-0.2, 0) is 4.74 Å². The highest BCUT2D eigenvalue weighted by molar-refractivity contribution is 7.11. The van der Waals surface area contributed by atoms with Crippen LogP contribution in [0.3, 0.4) is 0 Å². The highest BCUT2D eigenvalue weighted by atomic mass is 32.1. The lowest BCUT2D eigenvalue weighted by Gasteiger charge is -2.19. The van der Waals surface area contributed by atoms with Gasteiger partial charge in [-0.15, -0.1) is 0 Å². The van der Waals surface area contributed by atoms with Gasteiger partial charge >= 0.3 is 6.09 Å². The average Bonchev–Trinajstić information content (AvgIpc) is 3.13. The van der Waals surface area contributed by atoms with E-state index in [0.29, 0.717) is 11.4 Å². The van der Waals surface area contributed by atoms with Crippen molar-refractivity contribution in [3.05, 3.63) is 42.6 Å². The summed E-state index contributed by atoms with van der Waals surface area (Å²) in [5.74, 6) is 0.725. The van der Waals surface area contributed by atoms with Gasteiger partial charge in [0.25, 0.3) is 0 Å². The quantitative estimate of drug-likeness (QED) is 0.569. The molecular formula is C18H17N5O2S. The summed E-state index contributed by atoms with van der Waals surface area (Å²) < 4.78 is 11.7. The van der Waals surface area contributed by atoms with Crippen LogP contribution in [0.1, 0.15) is 20.8 Å². The summed E-state index contributed by atoms with van der Waals surface area (Å²) in [5.41, 5.74) is 2.63. The maximum absolute atomic E-state index is 11.8. The van der Waals surface area contributed by atoms with Crippen LogP contribution < -0.4 is 5.32 Å². The molecule has 0 aliphatic carbocycles. The first kappa shape index (κ1) is 16.5. The molecule has 0 atom stereocenters. The summed E-state index contributed by atoms with van der Waals surface area (Å²) in [7, 11) is 0. The van der Waals surface area contributed by atoms with E-state index in [1.54, 1.807) is 12.3 Å². The SMILES string of the molecule is CC(C)(C)OC(=O)Nc1ccc(-c2nsc3nc4ccccc4n23)nc1. The number of imidazole rings is 1. The first-order chi connectivity index (χ1) is 12.4. The van der Waals surface area contributed by atoms with Gasteiger partial charge < -0.3 is 4.74 Å². The number of pyridine rings is 1. The van der Waals surface area contributed by atoms with E-state index in [0.717, 1.165) is 21.8 Å². The number of nitrogens with one attached hydrogen (secondary N) is 1. The van der Waals surface area contributed by atoms with Gasteiger partial charge in [-0.3, -0.25) is 14.7 Å². The Balaban J connectivity index is 1.63. The minimum absolute atomic E-state index is 0.510. The van der Waals surface area contributed by atoms with Gasteiger partial charge in [0.05, 0.1) is 22.9 Å². The summed E-state index contributed by atoms with van der Waals surface area (Å²) >= 11 is 1.33. The molecule has 1 N–H and O–H groups in total. The number of rotatable bonds is 2. The third-order valence-corrected chi connectivity index (χ3v) is 4.29. The molecular weight excluding hydrogens is 350 g/mol. The van der Waals surface area contributed by atoms with Crippen molar-refractivity contribution in [2.45, 2.75) is 26.4 Å². The molecule has 1 amide bonds. The molecule has 3 aromatic heterocycles. The first-order valence-corrected chi connectivity index (χ1v) is 8.87. The summed E-state index contributed by atoms with van der Waals surface area (Å²) in [6.07, 6.45) is 1.08. The number of carbonyl (C=O) groups is 1. The Bertz CT molecular complexity index is 1090. The number of para-hydroxylation sites is 2. The number of benzene rings is 1. The van der Waals surface area contributed by atoms with Crippen molar-refractivity contribution in [3.63, 3.8) is 0 Å². The third kappa shape index (κ3) is 3.11. The van der Waals surface area contributed by atoms with E-state index >= 15 is 0 Å². The van der Waals surface area contributed by atoms with Crippen molar-refractivity contribution in [2.75, 3.05) is 5.32 Å². The number of ether oxygens (including phenoxy) is 1. The van der Waals surface area contributed by atoms with Crippen molar-refractivity contribution >= 4 is 39.3 Å². The van der Waals surface area contributed by atoms with Crippen molar-refractivity contribution < 1.29 is 9.53 Å². The summed E-state index contributed by atoms with van der Waals surface area (Å²) in [6, 6.07) is 11.5. The van der Waals surface area contributed by atoms with E-state index < -0.39 is 11.7 Å². The number of nitrogens with zero attached hydrogens (tertiary/aromatic N) is 4. The maximum atomic E-state index is 11.8. The van der Waals surface area contributed by atoms with Gasteiger partial charge in [-0.2, -0.15) is 4.37 Å². The zero-order chi connectivity index (χ0) is 18.3. The van der Waals surface area contributed by atoms with E-state index in [1.807, 2.05) is 55.5 Å². The summed E-state index contributed by atoms with van der Waals surface area (Å²) in [5, 5.41) is 2.67. The van der Waals surface area contributed by atoms with Crippen LogP contribution in [-0.4, -0.2) is 30.4 Å². The van der Waals surface area contributed by atoms with Crippen LogP contribution in [0.5, 0.6) is 0 Å². The number of hydrogen-bond acceptors (Lipinski definition) is 6. The summed E-state index contributed by atoms with van der Waals surface area (Å²) in [6.45, 7) is 5.45. The smallest absolute Gasteiger partial charge is 0.412 e. The molecule has 0 unspecified atom stereocenters. The van der Waals surface area contributed by atoms with Gasteiger partial charge in [-0.05, 0) is 45.0 Å². The Labute approximate surface area is 153 Å². The van der Waals surface area contributed by atoms with E-state index in [4.69, 9.17) is 4.74 Å². The largest absolute Gasteiger partial charge is 0.444 e. The van der Waals surface area contributed by atoms with E-state index in [2.05, 4.69) is 19.7 Å². The second-order valence-corrected chi connectivity index (χ2v) is 7.51. The predicted octanol–water partition coefficient (Wildman–Crippen LogP) is 4.35. The number of fused-ring (bicyclic) bond motifs is 3. The van der Waals surface area contributed by atoms with Crippen molar-refractivity contribution in [2.24, 2.45) is 0 Å². The number of hydrogen-bond donors (Lipinski definition) is 1. The van der Waals surface area contributed by atoms with Crippen LogP contribution in [0.2, 0.25) is 0 Å². The maximum Gasteiger partial charge on any atom is 0.412 e. The van der Waals surface area contributed by atoms with Crippen LogP contribution in [0, 0.1) is 0 Å². The van der Waals surface area contributed by atoms with Crippen molar-refractivity contribution in [3.8, 4) is 11.5 Å². The molecule has 132 valence electrons. The van der Waals surface area contributed by atoms with Crippen molar-refractivity contribution in [1.82, 2.24) is 18.7 Å². The Morgan fingerprint density at radius 3 is 2.73 bits per heavy atom. The molecule has 4 aromatic rings. The second-order valence-electron chi connectivity index (χ2n) is 6.78. The minimum Gasteiger partial charge on any atom is -0.444 e. The van der Waals surface area contributed by atoms with Gasteiger partial charge in [0.15, 0.2) is 5.82 Å². The van der Waals surface area contributed by atoms with Gasteiger partial charge in [0.1, 0.15) is 11.3 Å². The molecule has 4 rings (SSSR count). The predicted molar refractivity (Wildman–Crippen MR) is 101 cm³/mol. The molecule has 0 bridgehead atoms. The fraction of sp³-hybridized carbons (Fsp3) is 0.222. The second kappa shape index (κ2) is 6.06. The number of amides is 1. The molecule has 0 fully saturated rings. The Kier molecular flexibility index (Phi) is 3.84. The highest BCUT2D eigenvalue weighted by Crippen LogP contribution is 2.26. The van der Waals surface area contributed by atoms with Gasteiger partial charge in [-0.1, -0.05) is 12.1 Å². The average molecular weight is 367 g/mol. The molecule has 0 radical (unpaired) electrons. The van der Waals surface area contributed by atoms with Gasteiger partial charge in [0.2, 0.25) is 4.96 Å².